The Balaban J connectivity index is 1.88. The number of amides is 1. The van der Waals surface area contributed by atoms with Crippen molar-refractivity contribution in [1.82, 2.24) is 14.9 Å². The maximum atomic E-state index is 12.9. The summed E-state index contributed by atoms with van der Waals surface area (Å²) in [6.45, 7) is 4.67. The summed E-state index contributed by atoms with van der Waals surface area (Å²) in [7, 11) is 0. The summed E-state index contributed by atoms with van der Waals surface area (Å²) in [5.41, 5.74) is 1.22. The molecular weight excluding hydrogens is 290 g/mol. The molecule has 0 N–H and O–H groups in total. The zero-order valence-electron chi connectivity index (χ0n) is 13.8. The Morgan fingerprint density at radius 2 is 2.13 bits per heavy atom. The number of hydrogen-bond acceptors (Lipinski definition) is 4. The number of nitrogens with zero attached hydrogens (tertiary/aromatic N) is 3. The molecule has 122 valence electrons. The Kier molecular flexibility index (Phi) is 4.74. The first kappa shape index (κ1) is 15.7. The van der Waals surface area contributed by atoms with Gasteiger partial charge in [0.2, 0.25) is 0 Å². The third-order valence-electron chi connectivity index (χ3n) is 4.37. The SMILES string of the molecule is CCc1ccc([C@H]2CCCCCN2C(=O)c2cnc(C)cn2)o1. The summed E-state index contributed by atoms with van der Waals surface area (Å²) in [6.07, 6.45) is 8.27. The molecule has 1 atom stereocenters. The standard InChI is InChI=1S/C18H23N3O2/c1-3-14-8-9-17(23-14)16-7-5-4-6-10-21(16)18(22)15-12-19-13(2)11-20-15/h8-9,11-12,16H,3-7,10H2,1-2H3/t16-/m1/s1. The molecule has 0 bridgehead atoms. The summed E-state index contributed by atoms with van der Waals surface area (Å²) >= 11 is 0. The smallest absolute Gasteiger partial charge is 0.274 e. The van der Waals surface area contributed by atoms with Gasteiger partial charge in [0.05, 0.1) is 17.9 Å². The lowest BCUT2D eigenvalue weighted by Crippen LogP contribution is -2.35. The Morgan fingerprint density at radius 1 is 1.26 bits per heavy atom. The summed E-state index contributed by atoms with van der Waals surface area (Å²) in [5.74, 6) is 1.79. The van der Waals surface area contributed by atoms with Crippen molar-refractivity contribution in [2.24, 2.45) is 0 Å². The molecule has 3 heterocycles. The lowest BCUT2D eigenvalue weighted by atomic mass is 10.1. The number of carbonyl (C=O) groups is 1. The molecule has 1 saturated heterocycles. The first-order chi connectivity index (χ1) is 11.2. The summed E-state index contributed by atoms with van der Waals surface area (Å²) < 4.78 is 5.93. The molecule has 1 fully saturated rings. The van der Waals surface area contributed by atoms with Gasteiger partial charge in [-0.1, -0.05) is 19.8 Å². The quantitative estimate of drug-likeness (QED) is 0.867. The van der Waals surface area contributed by atoms with Crippen LogP contribution in [0.25, 0.3) is 0 Å². The monoisotopic (exact) mass is 313 g/mol. The number of likely N-dealkylation sites (tertiary alicyclic amines) is 1. The number of aryl methyl sites for hydroxylation is 2. The average molecular weight is 313 g/mol. The Morgan fingerprint density at radius 3 is 2.83 bits per heavy atom. The van der Waals surface area contributed by atoms with Gasteiger partial charge in [-0.2, -0.15) is 0 Å². The van der Waals surface area contributed by atoms with Crippen LogP contribution in [0.4, 0.5) is 0 Å². The van der Waals surface area contributed by atoms with Crippen LogP contribution >= 0.6 is 0 Å². The molecule has 0 spiro atoms. The third kappa shape index (κ3) is 3.44. The lowest BCUT2D eigenvalue weighted by Gasteiger charge is -2.28. The van der Waals surface area contributed by atoms with Crippen LogP contribution in [-0.2, 0) is 6.42 Å². The highest BCUT2D eigenvalue weighted by Crippen LogP contribution is 2.32. The van der Waals surface area contributed by atoms with Gasteiger partial charge in [0.25, 0.3) is 5.91 Å². The number of aromatic nitrogens is 2. The van der Waals surface area contributed by atoms with Crippen LogP contribution in [0.1, 0.15) is 66.4 Å². The molecule has 5 heteroatoms. The van der Waals surface area contributed by atoms with E-state index in [4.69, 9.17) is 4.42 Å². The van der Waals surface area contributed by atoms with Crippen LogP contribution in [0, 0.1) is 6.92 Å². The van der Waals surface area contributed by atoms with Crippen molar-refractivity contribution in [1.29, 1.82) is 0 Å². The summed E-state index contributed by atoms with van der Waals surface area (Å²) in [4.78, 5) is 23.3. The maximum absolute atomic E-state index is 12.9. The van der Waals surface area contributed by atoms with Crippen LogP contribution in [0.3, 0.4) is 0 Å². The molecule has 0 unspecified atom stereocenters. The van der Waals surface area contributed by atoms with Gasteiger partial charge < -0.3 is 9.32 Å². The number of hydrogen-bond donors (Lipinski definition) is 0. The fraction of sp³-hybridized carbons (Fsp3) is 0.500. The van der Waals surface area contributed by atoms with E-state index in [1.807, 2.05) is 24.0 Å². The van der Waals surface area contributed by atoms with Gasteiger partial charge in [0, 0.05) is 19.2 Å². The minimum Gasteiger partial charge on any atom is -0.464 e. The number of furan rings is 1. The van der Waals surface area contributed by atoms with Gasteiger partial charge in [-0.25, -0.2) is 4.98 Å². The molecule has 0 aromatic carbocycles. The van der Waals surface area contributed by atoms with Crippen LogP contribution in [0.15, 0.2) is 28.9 Å². The van der Waals surface area contributed by atoms with E-state index in [-0.39, 0.29) is 11.9 Å². The van der Waals surface area contributed by atoms with Gasteiger partial charge >= 0.3 is 0 Å². The number of carbonyl (C=O) groups excluding carboxylic acids is 1. The van der Waals surface area contributed by atoms with Crippen molar-refractivity contribution in [3.8, 4) is 0 Å². The first-order valence-electron chi connectivity index (χ1n) is 8.37. The van der Waals surface area contributed by atoms with Gasteiger partial charge in [-0.05, 0) is 31.9 Å². The minimum atomic E-state index is -0.0566. The number of rotatable bonds is 3. The van der Waals surface area contributed by atoms with E-state index >= 15 is 0 Å². The summed E-state index contributed by atoms with van der Waals surface area (Å²) in [5, 5.41) is 0. The molecule has 2 aromatic heterocycles. The molecule has 2 aromatic rings. The van der Waals surface area contributed by atoms with Crippen molar-refractivity contribution in [3.63, 3.8) is 0 Å². The molecule has 1 aliphatic rings. The van der Waals surface area contributed by atoms with Gasteiger partial charge in [-0.3, -0.25) is 9.78 Å². The van der Waals surface area contributed by atoms with Crippen LogP contribution in [-0.4, -0.2) is 27.3 Å². The van der Waals surface area contributed by atoms with Gasteiger partial charge in [0.1, 0.15) is 17.2 Å². The predicted molar refractivity (Wildman–Crippen MR) is 87.1 cm³/mol. The van der Waals surface area contributed by atoms with Crippen LogP contribution < -0.4 is 0 Å². The zero-order chi connectivity index (χ0) is 16.2. The van der Waals surface area contributed by atoms with E-state index in [9.17, 15) is 4.79 Å². The highest BCUT2D eigenvalue weighted by atomic mass is 16.3. The molecule has 5 nitrogen and oxygen atoms in total. The van der Waals surface area contributed by atoms with E-state index in [2.05, 4.69) is 16.9 Å². The second-order valence-electron chi connectivity index (χ2n) is 6.06. The normalized spacial score (nSPS) is 18.7. The Labute approximate surface area is 136 Å². The molecule has 1 aliphatic heterocycles. The van der Waals surface area contributed by atoms with Gasteiger partial charge in [-0.15, -0.1) is 0 Å². The van der Waals surface area contributed by atoms with Crippen LogP contribution in [0.2, 0.25) is 0 Å². The van der Waals surface area contributed by atoms with E-state index in [1.165, 1.54) is 0 Å². The van der Waals surface area contributed by atoms with E-state index < -0.39 is 0 Å². The van der Waals surface area contributed by atoms with E-state index in [0.717, 1.165) is 55.9 Å². The largest absolute Gasteiger partial charge is 0.464 e. The van der Waals surface area contributed by atoms with Crippen molar-refractivity contribution in [2.75, 3.05) is 6.54 Å². The second-order valence-corrected chi connectivity index (χ2v) is 6.06. The fourth-order valence-electron chi connectivity index (χ4n) is 3.06. The van der Waals surface area contributed by atoms with Crippen molar-refractivity contribution < 1.29 is 9.21 Å². The second kappa shape index (κ2) is 6.94. The van der Waals surface area contributed by atoms with Crippen molar-refractivity contribution >= 4 is 5.91 Å². The molecule has 0 saturated carbocycles. The Bertz CT molecular complexity index is 663. The third-order valence-corrected chi connectivity index (χ3v) is 4.37. The fourth-order valence-corrected chi connectivity index (χ4v) is 3.06. The molecule has 3 rings (SSSR count). The molecule has 1 amide bonds. The molecule has 0 aliphatic carbocycles. The molecule has 23 heavy (non-hydrogen) atoms. The summed E-state index contributed by atoms with van der Waals surface area (Å²) in [6, 6.07) is 4.01. The van der Waals surface area contributed by atoms with E-state index in [0.29, 0.717) is 5.69 Å². The first-order valence-corrected chi connectivity index (χ1v) is 8.37. The Hall–Kier alpha value is -2.17. The highest BCUT2D eigenvalue weighted by Gasteiger charge is 2.30. The predicted octanol–water partition coefficient (Wildman–Crippen LogP) is 3.70. The molecular formula is C18H23N3O2. The van der Waals surface area contributed by atoms with Gasteiger partial charge in [0.15, 0.2) is 0 Å². The van der Waals surface area contributed by atoms with Crippen molar-refractivity contribution in [3.05, 3.63) is 47.4 Å². The highest BCUT2D eigenvalue weighted by molar-refractivity contribution is 5.92. The lowest BCUT2D eigenvalue weighted by molar-refractivity contribution is 0.0650. The topological polar surface area (TPSA) is 59.2 Å². The van der Waals surface area contributed by atoms with E-state index in [1.54, 1.807) is 12.4 Å². The molecule has 0 radical (unpaired) electrons. The van der Waals surface area contributed by atoms with Crippen molar-refractivity contribution in [2.45, 2.75) is 52.0 Å². The van der Waals surface area contributed by atoms with Crippen LogP contribution in [0.5, 0.6) is 0 Å². The average Bonchev–Trinajstić information content (AvgIpc) is 2.91. The maximum Gasteiger partial charge on any atom is 0.274 e. The zero-order valence-corrected chi connectivity index (χ0v) is 13.8. The minimum absolute atomic E-state index is 0.00611.